The van der Waals surface area contributed by atoms with E-state index in [0.717, 1.165) is 0 Å². The largest absolute Gasteiger partial charge is 0.326 e. The Morgan fingerprint density at radius 1 is 1.56 bits per heavy atom. The Balaban J connectivity index is 2.31. The molecule has 1 aromatic rings. The monoisotopic (exact) mass is 330 g/mol. The Morgan fingerprint density at radius 3 is 2.83 bits per heavy atom. The first-order chi connectivity index (χ1) is 8.47. The fourth-order valence-corrected chi connectivity index (χ4v) is 2.68. The molecule has 6 heteroatoms. The summed E-state index contributed by atoms with van der Waals surface area (Å²) < 4.78 is 0. The smallest absolute Gasteiger partial charge is 0.228 e. The first-order valence-corrected chi connectivity index (χ1v) is 6.78. The fourth-order valence-electron chi connectivity index (χ4n) is 1.90. The normalized spacial score (nSPS) is 19.2. The highest BCUT2D eigenvalue weighted by atomic mass is 79.9. The van der Waals surface area contributed by atoms with Gasteiger partial charge in [-0.25, -0.2) is 0 Å². The van der Waals surface area contributed by atoms with Gasteiger partial charge in [0.25, 0.3) is 0 Å². The van der Waals surface area contributed by atoms with Crippen molar-refractivity contribution in [2.24, 2.45) is 0 Å². The average Bonchev–Trinajstić information content (AvgIpc) is 2.60. The summed E-state index contributed by atoms with van der Waals surface area (Å²) in [5.41, 5.74) is 1.27. The van der Waals surface area contributed by atoms with Gasteiger partial charge in [0.15, 0.2) is 0 Å². The molecule has 4 nitrogen and oxygen atoms in total. The Morgan fingerprint density at radius 2 is 2.28 bits per heavy atom. The highest BCUT2D eigenvalue weighted by molar-refractivity contribution is 9.09. The number of alkyl halides is 1. The zero-order chi connectivity index (χ0) is 13.3. The molecule has 2 amide bonds. The lowest BCUT2D eigenvalue weighted by Gasteiger charge is -2.18. The number of carbonyl (C=O) groups is 2. The number of anilines is 2. The van der Waals surface area contributed by atoms with Crippen molar-refractivity contribution in [1.29, 1.82) is 0 Å². The maximum atomic E-state index is 11.8. The van der Waals surface area contributed by atoms with Gasteiger partial charge < -0.3 is 10.2 Å². The predicted molar refractivity (Wildman–Crippen MR) is 75.4 cm³/mol. The Labute approximate surface area is 118 Å². The maximum absolute atomic E-state index is 11.8. The lowest BCUT2D eigenvalue weighted by molar-refractivity contribution is -0.117. The number of nitrogens with one attached hydrogen (secondary N) is 1. The van der Waals surface area contributed by atoms with Gasteiger partial charge >= 0.3 is 0 Å². The topological polar surface area (TPSA) is 49.4 Å². The minimum atomic E-state index is -0.158. The van der Waals surface area contributed by atoms with Gasteiger partial charge in [-0.1, -0.05) is 27.5 Å². The average molecular weight is 332 g/mol. The second-order valence-electron chi connectivity index (χ2n) is 4.15. The summed E-state index contributed by atoms with van der Waals surface area (Å²) in [5, 5.41) is 3.17. The predicted octanol–water partition coefficient (Wildman–Crippen LogP) is 2.80. The molecule has 0 bridgehead atoms. The lowest BCUT2D eigenvalue weighted by Crippen LogP contribution is -2.25. The highest BCUT2D eigenvalue weighted by Crippen LogP contribution is 2.33. The van der Waals surface area contributed by atoms with Crippen LogP contribution in [0.25, 0.3) is 0 Å². The molecule has 0 radical (unpaired) electrons. The molecule has 18 heavy (non-hydrogen) atoms. The van der Waals surface area contributed by atoms with E-state index in [2.05, 4.69) is 21.2 Å². The number of rotatable bonds is 2. The van der Waals surface area contributed by atoms with E-state index in [9.17, 15) is 9.59 Å². The summed E-state index contributed by atoms with van der Waals surface area (Å²) in [6.07, 6.45) is 0.459. The third-order valence-electron chi connectivity index (χ3n) is 2.64. The van der Waals surface area contributed by atoms with E-state index in [1.807, 2.05) is 0 Å². The van der Waals surface area contributed by atoms with E-state index >= 15 is 0 Å². The second kappa shape index (κ2) is 5.28. The van der Waals surface area contributed by atoms with Crippen molar-refractivity contribution >= 4 is 50.7 Å². The molecule has 0 spiro atoms. The van der Waals surface area contributed by atoms with Crippen LogP contribution >= 0.6 is 27.5 Å². The SMILES string of the molecule is CC(=O)Nc1ccc(Cl)c(N2CC(Br)CC2=O)c1. The van der Waals surface area contributed by atoms with E-state index < -0.39 is 0 Å². The van der Waals surface area contributed by atoms with E-state index in [-0.39, 0.29) is 16.6 Å². The molecule has 1 atom stereocenters. The van der Waals surface area contributed by atoms with Crippen molar-refractivity contribution < 1.29 is 9.59 Å². The van der Waals surface area contributed by atoms with Gasteiger partial charge in [-0.15, -0.1) is 0 Å². The second-order valence-corrected chi connectivity index (χ2v) is 5.86. The van der Waals surface area contributed by atoms with Gasteiger partial charge in [0.1, 0.15) is 0 Å². The van der Waals surface area contributed by atoms with Gasteiger partial charge in [-0.2, -0.15) is 0 Å². The number of carbonyl (C=O) groups excluding carboxylic acids is 2. The Bertz CT molecular complexity index is 507. The molecule has 2 rings (SSSR count). The zero-order valence-corrected chi connectivity index (χ0v) is 12.1. The van der Waals surface area contributed by atoms with Crippen LogP contribution in [-0.2, 0) is 9.59 Å². The summed E-state index contributed by atoms with van der Waals surface area (Å²) in [7, 11) is 0. The molecular weight excluding hydrogens is 320 g/mol. The number of nitrogens with zero attached hydrogens (tertiary/aromatic N) is 1. The molecule has 1 fully saturated rings. The molecule has 1 unspecified atom stereocenters. The number of hydrogen-bond donors (Lipinski definition) is 1. The van der Waals surface area contributed by atoms with Crippen LogP contribution < -0.4 is 10.2 Å². The molecule has 96 valence electrons. The molecule has 1 heterocycles. The summed E-state index contributed by atoms with van der Waals surface area (Å²) in [4.78, 5) is 24.6. The van der Waals surface area contributed by atoms with Crippen LogP contribution in [0, 0.1) is 0 Å². The molecule has 1 aromatic carbocycles. The van der Waals surface area contributed by atoms with E-state index in [1.165, 1.54) is 6.92 Å². The minimum Gasteiger partial charge on any atom is -0.326 e. The number of amides is 2. The molecular formula is C12H12BrClN2O2. The molecule has 1 aliphatic heterocycles. The van der Waals surface area contributed by atoms with Crippen molar-refractivity contribution in [1.82, 2.24) is 0 Å². The number of benzene rings is 1. The summed E-state index contributed by atoms with van der Waals surface area (Å²) >= 11 is 9.53. The Hall–Kier alpha value is -1.07. The fraction of sp³-hybridized carbons (Fsp3) is 0.333. The first kappa shape index (κ1) is 13.4. The van der Waals surface area contributed by atoms with Crippen LogP contribution in [0.3, 0.4) is 0 Å². The van der Waals surface area contributed by atoms with E-state index in [1.54, 1.807) is 23.1 Å². The molecule has 0 aliphatic carbocycles. The lowest BCUT2D eigenvalue weighted by atomic mass is 10.2. The summed E-state index contributed by atoms with van der Waals surface area (Å²) in [6.45, 7) is 2.02. The number of hydrogen-bond acceptors (Lipinski definition) is 2. The van der Waals surface area contributed by atoms with Crippen molar-refractivity contribution in [2.75, 3.05) is 16.8 Å². The summed E-state index contributed by atoms with van der Waals surface area (Å²) in [5.74, 6) is -0.131. The quantitative estimate of drug-likeness (QED) is 0.847. The van der Waals surface area contributed by atoms with Crippen molar-refractivity contribution in [3.8, 4) is 0 Å². The Kier molecular flexibility index (Phi) is 3.92. The van der Waals surface area contributed by atoms with Crippen molar-refractivity contribution in [2.45, 2.75) is 18.2 Å². The van der Waals surface area contributed by atoms with Gasteiger partial charge in [0.2, 0.25) is 11.8 Å². The van der Waals surface area contributed by atoms with E-state index in [4.69, 9.17) is 11.6 Å². The molecule has 1 saturated heterocycles. The standard InChI is InChI=1S/C12H12BrClN2O2/c1-7(17)15-9-2-3-10(14)11(5-9)16-6-8(13)4-12(16)18/h2-3,5,8H,4,6H2,1H3,(H,15,17). The van der Waals surface area contributed by atoms with Crippen LogP contribution in [0.2, 0.25) is 5.02 Å². The maximum Gasteiger partial charge on any atom is 0.228 e. The minimum absolute atomic E-state index is 0.0266. The summed E-state index contributed by atoms with van der Waals surface area (Å²) in [6, 6.07) is 5.10. The van der Waals surface area contributed by atoms with Crippen molar-refractivity contribution in [3.05, 3.63) is 23.2 Å². The molecule has 1 N–H and O–H groups in total. The van der Waals surface area contributed by atoms with Gasteiger partial charge in [0, 0.05) is 30.4 Å². The first-order valence-electron chi connectivity index (χ1n) is 5.49. The molecule has 0 saturated carbocycles. The molecule has 0 aromatic heterocycles. The van der Waals surface area contributed by atoms with Gasteiger partial charge in [-0.05, 0) is 18.2 Å². The van der Waals surface area contributed by atoms with Crippen LogP contribution in [-0.4, -0.2) is 23.2 Å². The zero-order valence-electron chi connectivity index (χ0n) is 9.74. The van der Waals surface area contributed by atoms with Gasteiger partial charge in [0.05, 0.1) is 10.7 Å². The third-order valence-corrected chi connectivity index (χ3v) is 3.57. The van der Waals surface area contributed by atoms with Crippen LogP contribution in [0.15, 0.2) is 18.2 Å². The third kappa shape index (κ3) is 2.84. The van der Waals surface area contributed by atoms with Crippen LogP contribution in [0.4, 0.5) is 11.4 Å². The van der Waals surface area contributed by atoms with Crippen LogP contribution in [0.1, 0.15) is 13.3 Å². The van der Waals surface area contributed by atoms with Crippen molar-refractivity contribution in [3.63, 3.8) is 0 Å². The molecule has 1 aliphatic rings. The highest BCUT2D eigenvalue weighted by Gasteiger charge is 2.30. The number of halogens is 2. The van der Waals surface area contributed by atoms with Crippen LogP contribution in [0.5, 0.6) is 0 Å². The van der Waals surface area contributed by atoms with Gasteiger partial charge in [-0.3, -0.25) is 9.59 Å². The van der Waals surface area contributed by atoms with E-state index in [0.29, 0.717) is 29.4 Å².